The molecule has 0 amide bonds. The highest BCUT2D eigenvalue weighted by atomic mass is 16.7. The van der Waals surface area contributed by atoms with Crippen molar-refractivity contribution in [1.29, 1.82) is 0 Å². The van der Waals surface area contributed by atoms with Gasteiger partial charge in [-0.15, -0.1) is 0 Å². The van der Waals surface area contributed by atoms with E-state index in [1.807, 2.05) is 37.3 Å². The van der Waals surface area contributed by atoms with E-state index in [-0.39, 0.29) is 58.3 Å². The molecule has 0 bridgehead atoms. The lowest BCUT2D eigenvalue weighted by Crippen LogP contribution is -2.63. The smallest absolute Gasteiger partial charge is 0.383 e. The summed E-state index contributed by atoms with van der Waals surface area (Å²) in [6, 6.07) is 46.2. The third kappa shape index (κ3) is 11.4. The summed E-state index contributed by atoms with van der Waals surface area (Å²) in [6.07, 6.45) is -6.51. The molecule has 68 heavy (non-hydrogen) atoms. The fraction of sp³-hybridized carbons (Fsp3) is 0.204. The van der Waals surface area contributed by atoms with Crippen molar-refractivity contribution in [3.05, 3.63) is 208 Å². The van der Waals surface area contributed by atoms with Crippen molar-refractivity contribution in [2.45, 2.75) is 57.1 Å². The van der Waals surface area contributed by atoms with Crippen LogP contribution in [0, 0.1) is 0 Å². The second-order valence-electron chi connectivity index (χ2n) is 15.5. The highest BCUT2D eigenvalue weighted by Crippen LogP contribution is 2.37. The van der Waals surface area contributed by atoms with Gasteiger partial charge in [-0.3, -0.25) is 0 Å². The van der Waals surface area contributed by atoms with Crippen LogP contribution in [0.1, 0.15) is 66.8 Å². The molecule has 0 saturated carbocycles. The molecule has 346 valence electrons. The summed E-state index contributed by atoms with van der Waals surface area (Å²) >= 11 is 0. The minimum absolute atomic E-state index is 0.0352. The van der Waals surface area contributed by atoms with Crippen molar-refractivity contribution in [3.8, 4) is 17.2 Å². The van der Waals surface area contributed by atoms with Crippen LogP contribution in [0.25, 0.3) is 11.0 Å². The zero-order chi connectivity index (χ0) is 47.2. The lowest BCUT2D eigenvalue weighted by atomic mass is 9.97. The molecule has 14 heteroatoms. The maximum absolute atomic E-state index is 14.1. The van der Waals surface area contributed by atoms with Crippen molar-refractivity contribution in [2.24, 2.45) is 0 Å². The van der Waals surface area contributed by atoms with Gasteiger partial charge in [0.2, 0.25) is 18.1 Å². The molecule has 6 aromatic carbocycles. The Kier molecular flexibility index (Phi) is 15.2. The van der Waals surface area contributed by atoms with Gasteiger partial charge in [-0.05, 0) is 72.6 Å². The van der Waals surface area contributed by atoms with E-state index in [0.29, 0.717) is 11.8 Å². The molecule has 1 aliphatic rings. The molecule has 0 spiro atoms. The summed E-state index contributed by atoms with van der Waals surface area (Å²) in [5.41, 5.74) is 0.704. The summed E-state index contributed by atoms with van der Waals surface area (Å²) in [4.78, 5) is 69.0. The Morgan fingerprint density at radius 2 is 1.04 bits per heavy atom. The Bertz CT molecular complexity index is 2850. The molecular formula is C54H46O14. The van der Waals surface area contributed by atoms with Crippen LogP contribution in [-0.4, -0.2) is 67.8 Å². The number of benzene rings is 6. The van der Waals surface area contributed by atoms with E-state index in [2.05, 4.69) is 0 Å². The lowest BCUT2D eigenvalue weighted by Gasteiger charge is -2.44. The molecule has 1 saturated heterocycles. The quantitative estimate of drug-likeness (QED) is 0.0345. The monoisotopic (exact) mass is 918 g/mol. The van der Waals surface area contributed by atoms with Crippen molar-refractivity contribution >= 4 is 34.8 Å². The average molecular weight is 919 g/mol. The van der Waals surface area contributed by atoms with Crippen LogP contribution in [0.4, 0.5) is 0 Å². The van der Waals surface area contributed by atoms with Gasteiger partial charge in [0.15, 0.2) is 18.0 Å². The maximum atomic E-state index is 14.1. The summed E-state index contributed by atoms with van der Waals surface area (Å²) in [6.45, 7) is 1.80. The van der Waals surface area contributed by atoms with Gasteiger partial charge < -0.3 is 42.3 Å². The lowest BCUT2D eigenvalue weighted by molar-refractivity contribution is -0.275. The van der Waals surface area contributed by atoms with Crippen molar-refractivity contribution in [2.75, 3.05) is 13.2 Å². The first-order valence-electron chi connectivity index (χ1n) is 22.0. The third-order valence-corrected chi connectivity index (χ3v) is 10.8. The second kappa shape index (κ2) is 22.3. The molecule has 1 fully saturated rings. The van der Waals surface area contributed by atoms with Crippen LogP contribution in [0.15, 0.2) is 179 Å². The number of hydrogen-bond acceptors (Lipinski definition) is 14. The topological polar surface area (TPSA) is 172 Å². The zero-order valence-corrected chi connectivity index (χ0v) is 36.8. The van der Waals surface area contributed by atoms with Gasteiger partial charge in [0.1, 0.15) is 30.7 Å². The first-order valence-corrected chi connectivity index (χ1v) is 22.0. The Labute approximate surface area is 390 Å². The number of hydrogen-bond donors (Lipinski definition) is 0. The van der Waals surface area contributed by atoms with E-state index in [9.17, 15) is 24.0 Å². The molecule has 7 aromatic rings. The van der Waals surface area contributed by atoms with E-state index < -0.39 is 66.8 Å². The van der Waals surface area contributed by atoms with Crippen molar-refractivity contribution in [3.63, 3.8) is 0 Å². The Morgan fingerprint density at radius 3 is 1.59 bits per heavy atom. The predicted octanol–water partition coefficient (Wildman–Crippen LogP) is 9.19. The van der Waals surface area contributed by atoms with Gasteiger partial charge in [0.25, 0.3) is 0 Å². The molecule has 0 aliphatic carbocycles. The number of unbranched alkanes of at least 4 members (excludes halogenated alkanes) is 1. The number of fused-ring (bicyclic) bond motifs is 1. The number of carbonyl (C=O) groups is 4. The SMILES string of the molecule is CCCCOc1c(OCc2ccccc2)c2ccc(O[C@@H]3O[C@H](COC(=O)c4ccccc4)[C@@H](OC(=O)c4ccccc4)[C@H](OC(=O)c4ccccc4)[C@H]3OC(=O)c3ccccc3)cc2oc1=O. The van der Waals surface area contributed by atoms with E-state index in [0.717, 1.165) is 12.0 Å². The summed E-state index contributed by atoms with van der Waals surface area (Å²) < 4.78 is 55.3. The molecule has 0 unspecified atom stereocenters. The summed E-state index contributed by atoms with van der Waals surface area (Å²) in [5, 5.41) is 0.379. The predicted molar refractivity (Wildman–Crippen MR) is 247 cm³/mol. The number of rotatable bonds is 18. The maximum Gasteiger partial charge on any atom is 0.383 e. The van der Waals surface area contributed by atoms with E-state index >= 15 is 0 Å². The number of esters is 4. The normalized spacial score (nSPS) is 17.6. The first-order chi connectivity index (χ1) is 33.2. The molecule has 14 nitrogen and oxygen atoms in total. The van der Waals surface area contributed by atoms with Crippen LogP contribution in [0.3, 0.4) is 0 Å². The Balaban J connectivity index is 1.21. The minimum atomic E-state index is -1.67. The second-order valence-corrected chi connectivity index (χ2v) is 15.5. The third-order valence-electron chi connectivity index (χ3n) is 10.8. The number of carbonyl (C=O) groups excluding carboxylic acids is 4. The van der Waals surface area contributed by atoms with Crippen molar-refractivity contribution < 1.29 is 61.5 Å². The van der Waals surface area contributed by atoms with Gasteiger partial charge in [-0.25, -0.2) is 24.0 Å². The van der Waals surface area contributed by atoms with Gasteiger partial charge in [-0.1, -0.05) is 116 Å². The molecule has 8 rings (SSSR count). The van der Waals surface area contributed by atoms with Crippen molar-refractivity contribution in [1.82, 2.24) is 0 Å². The molecule has 0 N–H and O–H groups in total. The standard InChI is InChI=1S/C54H46O14/c1-2-3-31-60-47-44(61-33-35-19-9-4-10-20-35)41-30-29-40(32-42(41)64-53(47)59)63-54-48(68-52(58)39-27-17-8-18-28-39)46(67-51(57)38-25-15-7-16-26-38)45(66-50(56)37-23-13-6-14-24-37)43(65-54)34-62-49(55)36-21-11-5-12-22-36/h4-30,32,43,45-46,48,54H,2-3,31,33-34H2,1H3/t43-,45-,46+,48-,54-/m1/s1. The van der Waals surface area contributed by atoms with Crippen LogP contribution < -0.4 is 19.8 Å². The fourth-order valence-electron chi connectivity index (χ4n) is 7.28. The van der Waals surface area contributed by atoms with E-state index in [4.69, 9.17) is 42.3 Å². The van der Waals surface area contributed by atoms with Gasteiger partial charge >= 0.3 is 29.5 Å². The molecule has 0 radical (unpaired) electrons. The van der Waals surface area contributed by atoms with E-state index in [1.165, 1.54) is 42.5 Å². The van der Waals surface area contributed by atoms with Crippen LogP contribution in [0.2, 0.25) is 0 Å². The highest BCUT2D eigenvalue weighted by Gasteiger charge is 2.54. The van der Waals surface area contributed by atoms with Gasteiger partial charge in [0, 0.05) is 6.07 Å². The first kappa shape index (κ1) is 46.3. The van der Waals surface area contributed by atoms with Crippen LogP contribution in [0.5, 0.6) is 17.2 Å². The Morgan fingerprint density at radius 1 is 0.544 bits per heavy atom. The molecule has 2 heterocycles. The van der Waals surface area contributed by atoms with Crippen LogP contribution >= 0.6 is 0 Å². The summed E-state index contributed by atoms with van der Waals surface area (Å²) in [5.74, 6) is -3.22. The Hall–Kier alpha value is -8.23. The zero-order valence-electron chi connectivity index (χ0n) is 36.8. The van der Waals surface area contributed by atoms with E-state index in [1.54, 1.807) is 97.1 Å². The molecule has 1 aromatic heterocycles. The molecule has 5 atom stereocenters. The fourth-order valence-corrected chi connectivity index (χ4v) is 7.28. The molecular weight excluding hydrogens is 873 g/mol. The van der Waals surface area contributed by atoms with Gasteiger partial charge in [-0.2, -0.15) is 0 Å². The number of ether oxygens (including phenoxy) is 8. The average Bonchev–Trinajstić information content (AvgIpc) is 3.38. The highest BCUT2D eigenvalue weighted by molar-refractivity contribution is 5.92. The summed E-state index contributed by atoms with van der Waals surface area (Å²) in [7, 11) is 0. The minimum Gasteiger partial charge on any atom is -0.484 e. The largest absolute Gasteiger partial charge is 0.484 e. The van der Waals surface area contributed by atoms with Crippen LogP contribution in [-0.2, 0) is 30.3 Å². The van der Waals surface area contributed by atoms with Gasteiger partial charge in [0.05, 0.1) is 34.2 Å². The molecule has 1 aliphatic heterocycles.